The average molecular weight is 420 g/mol. The minimum atomic E-state index is -0.255. The standard InChI is InChI=1S/C25H29N3O3/c1-28(2)22(20-10-6-7-11-23(20)30-3)16-26-25(29)21-15-24(31-27-21)19-13-12-17-8-4-5-9-18(17)14-19/h6-7,10-15,22H,4-5,8-9,16H2,1-3H3,(H,26,29)/t22-/m1/s1. The van der Waals surface area contributed by atoms with Crippen LogP contribution in [0.3, 0.4) is 0 Å². The number of fused-ring (bicyclic) bond motifs is 1. The maximum atomic E-state index is 12.8. The fraction of sp³-hybridized carbons (Fsp3) is 0.360. The lowest BCUT2D eigenvalue weighted by Crippen LogP contribution is -2.34. The van der Waals surface area contributed by atoms with Crippen molar-refractivity contribution in [2.24, 2.45) is 0 Å². The highest BCUT2D eigenvalue weighted by atomic mass is 16.5. The Morgan fingerprint density at radius 2 is 1.90 bits per heavy atom. The zero-order valence-corrected chi connectivity index (χ0v) is 18.4. The highest BCUT2D eigenvalue weighted by Gasteiger charge is 2.21. The summed E-state index contributed by atoms with van der Waals surface area (Å²) >= 11 is 0. The molecule has 3 aromatic rings. The highest BCUT2D eigenvalue weighted by molar-refractivity contribution is 5.93. The smallest absolute Gasteiger partial charge is 0.273 e. The number of aryl methyl sites for hydroxylation is 2. The number of ether oxygens (including phenoxy) is 1. The van der Waals surface area contributed by atoms with Crippen molar-refractivity contribution in [1.29, 1.82) is 0 Å². The predicted molar refractivity (Wildman–Crippen MR) is 120 cm³/mol. The van der Waals surface area contributed by atoms with Crippen molar-refractivity contribution in [3.05, 3.63) is 70.9 Å². The predicted octanol–water partition coefficient (Wildman–Crippen LogP) is 4.26. The molecule has 1 atom stereocenters. The summed E-state index contributed by atoms with van der Waals surface area (Å²) in [6.45, 7) is 0.424. The van der Waals surface area contributed by atoms with Gasteiger partial charge in [0.2, 0.25) is 0 Å². The van der Waals surface area contributed by atoms with Crippen LogP contribution in [-0.4, -0.2) is 43.7 Å². The molecular weight excluding hydrogens is 390 g/mol. The quantitative estimate of drug-likeness (QED) is 0.620. The summed E-state index contributed by atoms with van der Waals surface area (Å²) in [5.74, 6) is 1.16. The van der Waals surface area contributed by atoms with Gasteiger partial charge in [-0.05, 0) is 63.0 Å². The Hall–Kier alpha value is -3.12. The van der Waals surface area contributed by atoms with Gasteiger partial charge in [0.15, 0.2) is 11.5 Å². The molecule has 1 heterocycles. The molecule has 1 aliphatic carbocycles. The molecule has 0 saturated heterocycles. The second-order valence-corrected chi connectivity index (χ2v) is 8.20. The largest absolute Gasteiger partial charge is 0.496 e. The van der Waals surface area contributed by atoms with E-state index in [1.54, 1.807) is 13.2 Å². The van der Waals surface area contributed by atoms with Crippen LogP contribution in [0, 0.1) is 0 Å². The number of benzene rings is 2. The van der Waals surface area contributed by atoms with E-state index in [2.05, 4.69) is 33.6 Å². The van der Waals surface area contributed by atoms with Gasteiger partial charge in [-0.3, -0.25) is 4.79 Å². The molecule has 4 rings (SSSR count). The van der Waals surface area contributed by atoms with E-state index in [9.17, 15) is 4.79 Å². The lowest BCUT2D eigenvalue weighted by atomic mass is 9.90. The molecule has 0 fully saturated rings. The minimum Gasteiger partial charge on any atom is -0.496 e. The van der Waals surface area contributed by atoms with Crippen molar-refractivity contribution in [3.63, 3.8) is 0 Å². The Balaban J connectivity index is 1.46. The Morgan fingerprint density at radius 3 is 2.68 bits per heavy atom. The van der Waals surface area contributed by atoms with Crippen LogP contribution in [0.15, 0.2) is 53.1 Å². The second-order valence-electron chi connectivity index (χ2n) is 8.20. The van der Waals surface area contributed by atoms with E-state index < -0.39 is 0 Å². The van der Waals surface area contributed by atoms with Gasteiger partial charge in [-0.1, -0.05) is 35.5 Å². The topological polar surface area (TPSA) is 67.6 Å². The number of carbonyl (C=O) groups is 1. The molecule has 6 heteroatoms. The second kappa shape index (κ2) is 9.35. The summed E-state index contributed by atoms with van der Waals surface area (Å²) in [4.78, 5) is 14.8. The van der Waals surface area contributed by atoms with Gasteiger partial charge in [0.05, 0.1) is 13.2 Å². The van der Waals surface area contributed by atoms with Gasteiger partial charge in [0.1, 0.15) is 5.75 Å². The first kappa shape index (κ1) is 21.1. The molecule has 0 aliphatic heterocycles. The summed E-state index contributed by atoms with van der Waals surface area (Å²) in [7, 11) is 5.61. The Kier molecular flexibility index (Phi) is 6.37. The maximum absolute atomic E-state index is 12.8. The molecule has 0 unspecified atom stereocenters. The molecule has 0 radical (unpaired) electrons. The lowest BCUT2D eigenvalue weighted by Gasteiger charge is -2.26. The third kappa shape index (κ3) is 4.64. The monoisotopic (exact) mass is 419 g/mol. The summed E-state index contributed by atoms with van der Waals surface area (Å²) in [6.07, 6.45) is 4.71. The van der Waals surface area contributed by atoms with E-state index in [0.29, 0.717) is 12.3 Å². The van der Waals surface area contributed by atoms with E-state index in [4.69, 9.17) is 9.26 Å². The first-order valence-electron chi connectivity index (χ1n) is 10.7. The molecule has 6 nitrogen and oxygen atoms in total. The van der Waals surface area contributed by atoms with Crippen molar-refractivity contribution in [2.75, 3.05) is 27.7 Å². The van der Waals surface area contributed by atoms with Crippen LogP contribution < -0.4 is 10.1 Å². The van der Waals surface area contributed by atoms with Crippen LogP contribution in [0.5, 0.6) is 5.75 Å². The summed E-state index contributed by atoms with van der Waals surface area (Å²) < 4.78 is 11.0. The van der Waals surface area contributed by atoms with Gasteiger partial charge < -0.3 is 19.5 Å². The van der Waals surface area contributed by atoms with E-state index in [1.165, 1.54) is 24.0 Å². The number of likely N-dealkylation sites (N-methyl/N-ethyl adjacent to an activating group) is 1. The van der Waals surface area contributed by atoms with Crippen LogP contribution in [0.2, 0.25) is 0 Å². The molecule has 31 heavy (non-hydrogen) atoms. The van der Waals surface area contributed by atoms with Crippen molar-refractivity contribution >= 4 is 5.91 Å². The van der Waals surface area contributed by atoms with Gasteiger partial charge in [-0.25, -0.2) is 0 Å². The normalized spacial score (nSPS) is 14.2. The number of rotatable bonds is 7. The molecule has 0 saturated carbocycles. The molecule has 1 N–H and O–H groups in total. The molecule has 1 aliphatic rings. The zero-order valence-electron chi connectivity index (χ0n) is 18.4. The Bertz CT molecular complexity index is 1060. The minimum absolute atomic E-state index is 0.0351. The summed E-state index contributed by atoms with van der Waals surface area (Å²) in [6, 6.07) is 15.9. The summed E-state index contributed by atoms with van der Waals surface area (Å²) in [5, 5.41) is 6.99. The molecule has 1 aromatic heterocycles. The van der Waals surface area contributed by atoms with Crippen LogP contribution in [0.25, 0.3) is 11.3 Å². The van der Waals surface area contributed by atoms with E-state index >= 15 is 0 Å². The number of aromatic nitrogens is 1. The molecule has 0 bridgehead atoms. The van der Waals surface area contributed by atoms with Gasteiger partial charge in [-0.15, -0.1) is 0 Å². The van der Waals surface area contributed by atoms with E-state index in [0.717, 1.165) is 29.7 Å². The average Bonchev–Trinajstić information content (AvgIpc) is 3.29. The van der Waals surface area contributed by atoms with E-state index in [1.807, 2.05) is 38.4 Å². The van der Waals surface area contributed by atoms with Crippen LogP contribution in [-0.2, 0) is 12.8 Å². The maximum Gasteiger partial charge on any atom is 0.273 e. The van der Waals surface area contributed by atoms with Crippen molar-refractivity contribution in [3.8, 4) is 17.1 Å². The number of para-hydroxylation sites is 1. The van der Waals surface area contributed by atoms with Gasteiger partial charge in [-0.2, -0.15) is 0 Å². The first-order chi connectivity index (χ1) is 15.1. The number of methoxy groups -OCH3 is 1. The Labute approximate surface area is 183 Å². The van der Waals surface area contributed by atoms with Crippen molar-refractivity contribution in [1.82, 2.24) is 15.4 Å². The molecule has 0 spiro atoms. The molecule has 2 aromatic carbocycles. The summed E-state index contributed by atoms with van der Waals surface area (Å²) in [5.41, 5.74) is 5.05. The fourth-order valence-electron chi connectivity index (χ4n) is 4.20. The molecular formula is C25H29N3O3. The number of nitrogens with one attached hydrogen (secondary N) is 1. The number of hydrogen-bond acceptors (Lipinski definition) is 5. The number of hydrogen-bond donors (Lipinski definition) is 1. The first-order valence-corrected chi connectivity index (χ1v) is 10.7. The van der Waals surface area contributed by atoms with Gasteiger partial charge >= 0.3 is 0 Å². The molecule has 162 valence electrons. The van der Waals surface area contributed by atoms with Crippen molar-refractivity contribution < 1.29 is 14.1 Å². The van der Waals surface area contributed by atoms with Gasteiger partial charge in [0, 0.05) is 23.7 Å². The lowest BCUT2D eigenvalue weighted by molar-refractivity contribution is 0.0932. The third-order valence-electron chi connectivity index (χ3n) is 5.95. The molecule has 1 amide bonds. The number of nitrogens with zero attached hydrogens (tertiary/aromatic N) is 2. The highest BCUT2D eigenvalue weighted by Crippen LogP contribution is 2.29. The van der Waals surface area contributed by atoms with Crippen LogP contribution in [0.4, 0.5) is 0 Å². The zero-order chi connectivity index (χ0) is 21.8. The van der Waals surface area contributed by atoms with Crippen molar-refractivity contribution in [2.45, 2.75) is 31.7 Å². The fourth-order valence-corrected chi connectivity index (χ4v) is 4.20. The third-order valence-corrected chi connectivity index (χ3v) is 5.95. The van der Waals surface area contributed by atoms with Crippen LogP contribution in [0.1, 0.15) is 46.1 Å². The number of amides is 1. The SMILES string of the molecule is COc1ccccc1[C@@H](CNC(=O)c1cc(-c2ccc3c(c2)CCCC3)on1)N(C)C. The Morgan fingerprint density at radius 1 is 1.13 bits per heavy atom. The van der Waals surface area contributed by atoms with E-state index in [-0.39, 0.29) is 17.6 Å². The van der Waals surface area contributed by atoms with Crippen LogP contribution >= 0.6 is 0 Å². The van der Waals surface area contributed by atoms with Gasteiger partial charge in [0.25, 0.3) is 5.91 Å². The number of carbonyl (C=O) groups excluding carboxylic acids is 1.